The third-order valence-corrected chi connectivity index (χ3v) is 6.13. The summed E-state index contributed by atoms with van der Waals surface area (Å²) in [5, 5.41) is 22.2. The van der Waals surface area contributed by atoms with Crippen LogP contribution in [0.1, 0.15) is 12.5 Å². The molecule has 0 unspecified atom stereocenters. The van der Waals surface area contributed by atoms with Gasteiger partial charge in [-0.1, -0.05) is 18.2 Å². The van der Waals surface area contributed by atoms with Gasteiger partial charge in [-0.15, -0.1) is 11.3 Å². The van der Waals surface area contributed by atoms with Crippen LogP contribution in [0.15, 0.2) is 71.2 Å². The van der Waals surface area contributed by atoms with Crippen LogP contribution in [0.25, 0.3) is 21.3 Å². The van der Waals surface area contributed by atoms with Crippen LogP contribution in [-0.4, -0.2) is 52.7 Å². The second-order valence-electron chi connectivity index (χ2n) is 7.89. The van der Waals surface area contributed by atoms with Crippen molar-refractivity contribution >= 4 is 33.9 Å². The van der Waals surface area contributed by atoms with Gasteiger partial charge in [0.2, 0.25) is 0 Å². The van der Waals surface area contributed by atoms with Crippen LogP contribution in [-0.2, 0) is 11.2 Å². The highest BCUT2D eigenvalue weighted by molar-refractivity contribution is 7.13. The van der Waals surface area contributed by atoms with Crippen LogP contribution in [0.2, 0.25) is 0 Å². The van der Waals surface area contributed by atoms with Crippen molar-refractivity contribution in [2.45, 2.75) is 19.4 Å². The fourth-order valence-electron chi connectivity index (χ4n) is 3.60. The summed E-state index contributed by atoms with van der Waals surface area (Å²) in [5.74, 6) is 0.222. The lowest BCUT2D eigenvalue weighted by atomic mass is 10.1. The SMILES string of the molecule is C/C(Cc1c[nH]c2ccc(OCC(=O)O)cc12)=N\C[C@H](O)COc1ccccc1-c1cccs1. The molecule has 0 amide bonds. The van der Waals surface area contributed by atoms with E-state index in [4.69, 9.17) is 14.6 Å². The maximum absolute atomic E-state index is 10.7. The number of aliphatic imine (C=N–C) groups is 1. The molecule has 0 aliphatic carbocycles. The first kappa shape index (κ1) is 23.5. The molecule has 4 aromatic rings. The summed E-state index contributed by atoms with van der Waals surface area (Å²) in [6, 6.07) is 17.3. The highest BCUT2D eigenvalue weighted by atomic mass is 32.1. The number of carboxylic acids is 1. The number of rotatable bonds is 11. The van der Waals surface area contributed by atoms with E-state index in [-0.39, 0.29) is 19.8 Å². The smallest absolute Gasteiger partial charge is 0.341 e. The molecule has 0 radical (unpaired) electrons. The maximum atomic E-state index is 10.7. The molecule has 2 aromatic carbocycles. The van der Waals surface area contributed by atoms with Crippen LogP contribution in [0, 0.1) is 0 Å². The minimum absolute atomic E-state index is 0.149. The summed E-state index contributed by atoms with van der Waals surface area (Å²) in [7, 11) is 0. The van der Waals surface area contributed by atoms with Crippen molar-refractivity contribution in [1.82, 2.24) is 4.98 Å². The average molecular weight is 479 g/mol. The molecular formula is C26H26N2O5S. The van der Waals surface area contributed by atoms with E-state index in [9.17, 15) is 9.90 Å². The summed E-state index contributed by atoms with van der Waals surface area (Å²) in [6.07, 6.45) is 1.77. The van der Waals surface area contributed by atoms with Crippen LogP contribution in [0.3, 0.4) is 0 Å². The standard InChI is InChI=1S/C26H26N2O5S/c1-17(11-18-13-28-23-9-8-20(12-22(18)23)32-16-26(30)31)27-14-19(29)15-33-24-6-3-2-5-21(24)25-7-4-10-34-25/h2-10,12-13,19,28-29H,11,14-16H2,1H3,(H,30,31)/b27-17+/t19-/m0/s1. The first-order chi connectivity index (χ1) is 16.5. The van der Waals surface area contributed by atoms with E-state index in [1.807, 2.05) is 67.0 Å². The molecule has 3 N–H and O–H groups in total. The fourth-order valence-corrected chi connectivity index (χ4v) is 4.35. The Kier molecular flexibility index (Phi) is 7.61. The third kappa shape index (κ3) is 6.03. The minimum atomic E-state index is -1.02. The van der Waals surface area contributed by atoms with E-state index in [0.29, 0.717) is 12.2 Å². The van der Waals surface area contributed by atoms with Crippen molar-refractivity contribution in [3.8, 4) is 21.9 Å². The van der Waals surface area contributed by atoms with E-state index in [1.165, 1.54) is 0 Å². The topological polar surface area (TPSA) is 104 Å². The number of aliphatic hydroxyl groups is 1. The monoisotopic (exact) mass is 478 g/mol. The molecular weight excluding hydrogens is 452 g/mol. The Morgan fingerprint density at radius 1 is 1.15 bits per heavy atom. The highest BCUT2D eigenvalue weighted by Gasteiger charge is 2.11. The number of carboxylic acid groups (broad SMARTS) is 1. The number of aliphatic carboxylic acids is 1. The van der Waals surface area contributed by atoms with Gasteiger partial charge in [0, 0.05) is 39.7 Å². The number of nitrogens with one attached hydrogen (secondary N) is 1. The number of para-hydroxylation sites is 1. The van der Waals surface area contributed by atoms with Gasteiger partial charge in [0.25, 0.3) is 0 Å². The quantitative estimate of drug-likeness (QED) is 0.269. The van der Waals surface area contributed by atoms with E-state index in [0.717, 1.165) is 38.4 Å². The molecule has 34 heavy (non-hydrogen) atoms. The second-order valence-corrected chi connectivity index (χ2v) is 8.84. The normalized spacial score (nSPS) is 12.6. The molecule has 0 aliphatic heterocycles. The van der Waals surface area contributed by atoms with Gasteiger partial charge in [-0.3, -0.25) is 4.99 Å². The molecule has 2 aromatic heterocycles. The van der Waals surface area contributed by atoms with Crippen LogP contribution in [0.5, 0.6) is 11.5 Å². The zero-order valence-corrected chi connectivity index (χ0v) is 19.5. The Bertz CT molecular complexity index is 1280. The van der Waals surface area contributed by atoms with Crippen molar-refractivity contribution in [2.24, 2.45) is 4.99 Å². The molecule has 2 heterocycles. The summed E-state index contributed by atoms with van der Waals surface area (Å²) < 4.78 is 11.2. The second kappa shape index (κ2) is 11.0. The number of aromatic amines is 1. The highest BCUT2D eigenvalue weighted by Crippen LogP contribution is 2.33. The lowest BCUT2D eigenvalue weighted by Crippen LogP contribution is -2.21. The summed E-state index contributed by atoms with van der Waals surface area (Å²) in [6.45, 7) is 1.92. The summed E-state index contributed by atoms with van der Waals surface area (Å²) in [5.41, 5.74) is 3.84. The Hall–Kier alpha value is -3.62. The number of aliphatic hydroxyl groups excluding tert-OH is 1. The Balaban J connectivity index is 1.34. The van der Waals surface area contributed by atoms with Crippen molar-refractivity contribution in [2.75, 3.05) is 19.8 Å². The first-order valence-electron chi connectivity index (χ1n) is 10.9. The van der Waals surface area contributed by atoms with Crippen molar-refractivity contribution in [3.63, 3.8) is 0 Å². The molecule has 1 atom stereocenters. The Morgan fingerprint density at radius 2 is 2.00 bits per heavy atom. The average Bonchev–Trinajstić information content (AvgIpc) is 3.51. The van der Waals surface area contributed by atoms with Gasteiger partial charge in [-0.05, 0) is 54.3 Å². The number of carbonyl (C=O) groups is 1. The van der Waals surface area contributed by atoms with Crippen molar-refractivity contribution < 1.29 is 24.5 Å². The van der Waals surface area contributed by atoms with Crippen molar-refractivity contribution in [3.05, 3.63) is 71.7 Å². The van der Waals surface area contributed by atoms with Gasteiger partial charge in [-0.25, -0.2) is 4.79 Å². The molecule has 4 rings (SSSR count). The zero-order valence-electron chi connectivity index (χ0n) is 18.7. The lowest BCUT2D eigenvalue weighted by molar-refractivity contribution is -0.139. The van der Waals surface area contributed by atoms with Gasteiger partial charge in [-0.2, -0.15) is 0 Å². The maximum Gasteiger partial charge on any atom is 0.341 e. The molecule has 0 saturated carbocycles. The predicted molar refractivity (Wildman–Crippen MR) is 134 cm³/mol. The molecule has 7 nitrogen and oxygen atoms in total. The fraction of sp³-hybridized carbons (Fsp3) is 0.231. The number of thiophene rings is 1. The number of ether oxygens (including phenoxy) is 2. The van der Waals surface area contributed by atoms with E-state index in [2.05, 4.69) is 9.98 Å². The summed E-state index contributed by atoms with van der Waals surface area (Å²) >= 11 is 1.64. The van der Waals surface area contributed by atoms with Gasteiger partial charge < -0.3 is 24.7 Å². The number of hydrogen-bond acceptors (Lipinski definition) is 6. The molecule has 0 spiro atoms. The number of hydrogen-bond donors (Lipinski definition) is 3. The minimum Gasteiger partial charge on any atom is -0.490 e. The van der Waals surface area contributed by atoms with Gasteiger partial charge in [0.05, 0.1) is 6.54 Å². The third-order valence-electron chi connectivity index (χ3n) is 5.22. The number of benzene rings is 2. The molecule has 8 heteroatoms. The van der Waals surface area contributed by atoms with Gasteiger partial charge >= 0.3 is 5.97 Å². The van der Waals surface area contributed by atoms with Crippen molar-refractivity contribution in [1.29, 1.82) is 0 Å². The lowest BCUT2D eigenvalue weighted by Gasteiger charge is -2.13. The molecule has 0 saturated heterocycles. The largest absolute Gasteiger partial charge is 0.490 e. The summed E-state index contributed by atoms with van der Waals surface area (Å²) in [4.78, 5) is 19.6. The van der Waals surface area contributed by atoms with E-state index >= 15 is 0 Å². The number of H-pyrrole nitrogens is 1. The zero-order chi connectivity index (χ0) is 23.9. The molecule has 176 valence electrons. The number of nitrogens with zero attached hydrogens (tertiary/aromatic N) is 1. The first-order valence-corrected chi connectivity index (χ1v) is 11.8. The predicted octanol–water partition coefficient (Wildman–Crippen LogP) is 4.80. The van der Waals surface area contributed by atoms with E-state index in [1.54, 1.807) is 17.4 Å². The van der Waals surface area contributed by atoms with Crippen LogP contribution >= 0.6 is 11.3 Å². The number of fused-ring (bicyclic) bond motifs is 1. The molecule has 0 aliphatic rings. The Morgan fingerprint density at radius 3 is 2.79 bits per heavy atom. The molecule has 0 fully saturated rings. The van der Waals surface area contributed by atoms with Crippen LogP contribution < -0.4 is 9.47 Å². The number of aromatic nitrogens is 1. The van der Waals surface area contributed by atoms with Crippen LogP contribution in [0.4, 0.5) is 0 Å². The molecule has 0 bridgehead atoms. The van der Waals surface area contributed by atoms with Gasteiger partial charge in [0.1, 0.15) is 24.2 Å². The Labute approximate surface area is 201 Å². The van der Waals surface area contributed by atoms with Gasteiger partial charge in [0.15, 0.2) is 6.61 Å². The van der Waals surface area contributed by atoms with E-state index < -0.39 is 12.1 Å².